The topological polar surface area (TPSA) is 42.3 Å². The van der Waals surface area contributed by atoms with Crippen LogP contribution in [0.2, 0.25) is 19.6 Å². The highest BCUT2D eigenvalue weighted by Crippen LogP contribution is 2.45. The van der Waals surface area contributed by atoms with Crippen molar-refractivity contribution in [2.75, 3.05) is 0 Å². The molecule has 0 N–H and O–H groups in total. The second kappa shape index (κ2) is 11.4. The Morgan fingerprint density at radius 1 is 1.07 bits per heavy atom. The summed E-state index contributed by atoms with van der Waals surface area (Å²) in [5.41, 5.74) is 10.8. The number of pyridine rings is 2. The first-order valence-corrected chi connectivity index (χ1v) is 19.3. The second-order valence-corrected chi connectivity index (χ2v) is 18.7. The van der Waals surface area contributed by atoms with Crippen LogP contribution in [0.4, 0.5) is 0 Å². The molecule has 3 aromatic heterocycles. The molecule has 0 saturated carbocycles. The molecule has 0 amide bonds. The average Bonchev–Trinajstić information content (AvgIpc) is 3.33. The molecule has 5 heterocycles. The lowest BCUT2D eigenvalue weighted by atomic mass is 9.77. The van der Waals surface area contributed by atoms with Gasteiger partial charge in [0, 0.05) is 51.2 Å². The van der Waals surface area contributed by atoms with Crippen LogP contribution in [0.1, 0.15) is 73.4 Å². The number of benzene rings is 1. The van der Waals surface area contributed by atoms with E-state index in [1.165, 1.54) is 27.6 Å². The summed E-state index contributed by atoms with van der Waals surface area (Å²) in [5, 5.41) is 2.54. The molecule has 0 aliphatic carbocycles. The van der Waals surface area contributed by atoms with Crippen LogP contribution in [-0.4, -0.2) is 18.8 Å². The van der Waals surface area contributed by atoms with Gasteiger partial charge in [-0.1, -0.05) is 77.5 Å². The first kappa shape index (κ1) is 30.0. The van der Waals surface area contributed by atoms with Crippen molar-refractivity contribution in [1.29, 1.82) is 0 Å². The summed E-state index contributed by atoms with van der Waals surface area (Å²) in [6.07, 6.45) is 10.6. The van der Waals surface area contributed by atoms with Gasteiger partial charge in [0.05, 0.1) is 20.2 Å². The van der Waals surface area contributed by atoms with Crippen molar-refractivity contribution in [2.24, 2.45) is 4.99 Å². The lowest BCUT2D eigenvalue weighted by Crippen LogP contribution is -2.54. The Balaban J connectivity index is 1.56. The van der Waals surface area contributed by atoms with Gasteiger partial charge in [-0.3, -0.25) is 4.99 Å². The fourth-order valence-corrected chi connectivity index (χ4v) is 8.99. The molecule has 4 nitrogen and oxygen atoms in total. The zero-order chi connectivity index (χ0) is 31.3. The van der Waals surface area contributed by atoms with Crippen molar-refractivity contribution >= 4 is 35.6 Å². The molecule has 0 radical (unpaired) electrons. The van der Waals surface area contributed by atoms with Crippen molar-refractivity contribution in [1.82, 2.24) is 4.98 Å². The van der Waals surface area contributed by atoms with E-state index >= 15 is 0 Å². The minimum atomic E-state index is -1.63. The first-order chi connectivity index (χ1) is 21.0. The molecule has 6 rings (SSSR count). The molecule has 44 heavy (non-hydrogen) atoms. The Bertz CT molecular complexity index is 1880. The van der Waals surface area contributed by atoms with E-state index in [1.807, 2.05) is 18.2 Å². The Hall–Kier alpha value is -4.09. The van der Waals surface area contributed by atoms with Crippen LogP contribution in [-0.2, 0) is 0 Å². The SMILES string of the molecule is C=C/C1=C(c2oc3ncccc3c2C)/C(C=C)=N/C(=C)CC2C(CC1)c1ccccc1-c1cc(C(C)C)c([Si](C)(C)C)c[n+]12. The summed E-state index contributed by atoms with van der Waals surface area (Å²) in [6.45, 7) is 27.1. The summed E-state index contributed by atoms with van der Waals surface area (Å²) >= 11 is 0. The molecule has 5 heteroatoms. The number of allylic oxidation sites excluding steroid dienone is 5. The third kappa shape index (κ3) is 5.07. The number of aliphatic imine (C=N–C) groups is 1. The fraction of sp³-hybridized carbons (Fsp3) is 0.308. The summed E-state index contributed by atoms with van der Waals surface area (Å²) in [6, 6.07) is 15.7. The Labute approximate surface area is 263 Å². The monoisotopic (exact) mass is 598 g/mol. The highest BCUT2D eigenvalue weighted by Gasteiger charge is 2.42. The van der Waals surface area contributed by atoms with Gasteiger partial charge in [0.15, 0.2) is 12.2 Å². The maximum atomic E-state index is 6.42. The predicted octanol–water partition coefficient (Wildman–Crippen LogP) is 9.36. The van der Waals surface area contributed by atoms with E-state index in [0.29, 0.717) is 11.6 Å². The van der Waals surface area contributed by atoms with E-state index in [4.69, 9.17) is 9.41 Å². The van der Waals surface area contributed by atoms with Gasteiger partial charge in [-0.15, -0.1) is 0 Å². The smallest absolute Gasteiger partial charge is 0.226 e. The molecule has 0 saturated heterocycles. The van der Waals surface area contributed by atoms with Gasteiger partial charge in [-0.05, 0) is 66.7 Å². The largest absolute Gasteiger partial charge is 0.437 e. The molecule has 4 aromatic rings. The minimum absolute atomic E-state index is 0.197. The highest BCUT2D eigenvalue weighted by atomic mass is 28.3. The van der Waals surface area contributed by atoms with E-state index in [1.54, 1.807) is 6.20 Å². The molecule has 224 valence electrons. The van der Waals surface area contributed by atoms with Crippen LogP contribution in [0.25, 0.3) is 27.9 Å². The van der Waals surface area contributed by atoms with Crippen LogP contribution in [0, 0.1) is 6.92 Å². The second-order valence-electron chi connectivity index (χ2n) is 13.6. The van der Waals surface area contributed by atoms with Gasteiger partial charge >= 0.3 is 0 Å². The summed E-state index contributed by atoms with van der Waals surface area (Å²) < 4.78 is 8.99. The third-order valence-electron chi connectivity index (χ3n) is 9.44. The van der Waals surface area contributed by atoms with Crippen molar-refractivity contribution in [3.05, 3.63) is 120 Å². The molecule has 0 fully saturated rings. The number of hydrogen-bond acceptors (Lipinski definition) is 3. The molecular weight excluding hydrogens is 555 g/mol. The van der Waals surface area contributed by atoms with Crippen molar-refractivity contribution < 1.29 is 8.98 Å². The normalized spacial score (nSPS) is 21.7. The molecule has 0 spiro atoms. The van der Waals surface area contributed by atoms with Crippen LogP contribution >= 0.6 is 0 Å². The van der Waals surface area contributed by atoms with Crippen LogP contribution in [0.5, 0.6) is 0 Å². The molecule has 0 bridgehead atoms. The van der Waals surface area contributed by atoms with Gasteiger partial charge in [-0.25, -0.2) is 4.98 Å². The van der Waals surface area contributed by atoms with Gasteiger partial charge in [0.25, 0.3) is 0 Å². The number of nitrogens with zero attached hydrogens (tertiary/aromatic N) is 3. The number of furan rings is 1. The van der Waals surface area contributed by atoms with E-state index in [2.05, 4.69) is 112 Å². The zero-order valence-corrected chi connectivity index (χ0v) is 28.1. The van der Waals surface area contributed by atoms with Crippen LogP contribution < -0.4 is 9.75 Å². The molecule has 1 aromatic carbocycles. The molecular formula is C39H44N3OSi+. The fourth-order valence-electron chi connectivity index (χ4n) is 7.24. The standard InChI is InChI=1S/C39H44N3OSi/c1-10-27-18-19-31-29-15-12-13-16-30(29)35-22-32(24(3)4)36(44(7,8)9)23-42(35)34(31)21-25(5)41-33(11-2)37(27)38-26(6)28-17-14-20-40-39(28)43-38/h10-17,20,22-24,31,34H,1-2,5,18-19,21H2,3-4,6-9H3/q+1/b37-27+,41-33+. The molecule has 2 atom stereocenters. The van der Waals surface area contributed by atoms with Crippen molar-refractivity contribution in [3.63, 3.8) is 0 Å². The van der Waals surface area contributed by atoms with E-state index in [9.17, 15) is 0 Å². The van der Waals surface area contributed by atoms with Crippen molar-refractivity contribution in [2.45, 2.75) is 77.6 Å². The van der Waals surface area contributed by atoms with Gasteiger partial charge < -0.3 is 4.42 Å². The predicted molar refractivity (Wildman–Crippen MR) is 187 cm³/mol. The van der Waals surface area contributed by atoms with Crippen LogP contribution in [0.15, 0.2) is 107 Å². The molecule has 2 unspecified atom stereocenters. The minimum Gasteiger partial charge on any atom is -0.437 e. The van der Waals surface area contributed by atoms with Crippen molar-refractivity contribution in [3.8, 4) is 11.3 Å². The van der Waals surface area contributed by atoms with E-state index in [-0.39, 0.29) is 12.0 Å². The number of rotatable bonds is 5. The van der Waals surface area contributed by atoms with Gasteiger partial charge in [0.2, 0.25) is 11.4 Å². The van der Waals surface area contributed by atoms with E-state index in [0.717, 1.165) is 58.5 Å². The lowest BCUT2D eigenvalue weighted by Gasteiger charge is -2.33. The average molecular weight is 599 g/mol. The highest BCUT2D eigenvalue weighted by molar-refractivity contribution is 6.89. The van der Waals surface area contributed by atoms with Gasteiger partial charge in [-0.2, -0.15) is 4.57 Å². The molecule has 2 aliphatic heterocycles. The zero-order valence-electron chi connectivity index (χ0n) is 27.1. The Morgan fingerprint density at radius 2 is 1.84 bits per heavy atom. The summed E-state index contributed by atoms with van der Waals surface area (Å²) in [7, 11) is -1.63. The first-order valence-electron chi connectivity index (χ1n) is 15.8. The van der Waals surface area contributed by atoms with Crippen LogP contribution in [0.3, 0.4) is 0 Å². The number of fused-ring (bicyclic) bond motifs is 7. The maximum absolute atomic E-state index is 6.42. The Kier molecular flexibility index (Phi) is 7.79. The van der Waals surface area contributed by atoms with Gasteiger partial charge in [0.1, 0.15) is 5.76 Å². The summed E-state index contributed by atoms with van der Waals surface area (Å²) in [4.78, 5) is 9.67. The third-order valence-corrected chi connectivity index (χ3v) is 11.5. The lowest BCUT2D eigenvalue weighted by molar-refractivity contribution is -0.717. The number of aromatic nitrogens is 2. The number of aryl methyl sites for hydroxylation is 1. The maximum Gasteiger partial charge on any atom is 0.226 e. The van der Waals surface area contributed by atoms with E-state index < -0.39 is 8.07 Å². The molecule has 2 aliphatic rings. The number of hydrogen-bond donors (Lipinski definition) is 0. The quantitative estimate of drug-likeness (QED) is 0.170. The summed E-state index contributed by atoms with van der Waals surface area (Å²) in [5.74, 6) is 1.53. The Morgan fingerprint density at radius 3 is 2.52 bits per heavy atom.